The minimum absolute atomic E-state index is 0.00183. The Morgan fingerprint density at radius 3 is 2.29 bits per heavy atom. The first-order valence-electron chi connectivity index (χ1n) is 12.1. The van der Waals surface area contributed by atoms with Gasteiger partial charge in [0.25, 0.3) is 5.56 Å². The average molecular weight is 468 g/mol. The van der Waals surface area contributed by atoms with Crippen molar-refractivity contribution in [1.82, 2.24) is 14.9 Å². The van der Waals surface area contributed by atoms with E-state index in [-0.39, 0.29) is 30.0 Å². The van der Waals surface area contributed by atoms with Gasteiger partial charge in [-0.05, 0) is 36.1 Å². The number of carbonyl (C=O) groups excluding carboxylic acids is 1. The number of fused-ring (bicyclic) bond motifs is 1. The lowest BCUT2D eigenvalue weighted by Crippen LogP contribution is -2.38. The number of benzene rings is 3. The van der Waals surface area contributed by atoms with E-state index in [1.165, 1.54) is 0 Å². The van der Waals surface area contributed by atoms with Gasteiger partial charge in [0.05, 0.1) is 23.6 Å². The summed E-state index contributed by atoms with van der Waals surface area (Å²) < 4.78 is 5.85. The number of hydrogen-bond donors (Lipinski definition) is 1. The van der Waals surface area contributed by atoms with E-state index in [1.807, 2.05) is 54.6 Å². The van der Waals surface area contributed by atoms with Crippen LogP contribution in [-0.2, 0) is 16.1 Å². The first-order valence-corrected chi connectivity index (χ1v) is 12.1. The molecule has 6 heteroatoms. The number of aromatic nitrogens is 2. The Bertz CT molecular complexity index is 1290. The molecule has 1 unspecified atom stereocenters. The molecule has 0 radical (unpaired) electrons. The number of rotatable bonds is 8. The number of para-hydroxylation sites is 1. The van der Waals surface area contributed by atoms with Crippen LogP contribution in [0.2, 0.25) is 0 Å². The SMILES string of the molecule is O=C(CC(c1ccccc1)c1ccccc1)N(Cc1nc2ccccc2c(=O)[nH]1)CC1CCCO1. The first-order chi connectivity index (χ1) is 17.2. The molecule has 1 atom stereocenters. The number of nitrogens with one attached hydrogen (secondary N) is 1. The Labute approximate surface area is 204 Å². The van der Waals surface area contributed by atoms with E-state index in [1.54, 1.807) is 11.0 Å². The highest BCUT2D eigenvalue weighted by Gasteiger charge is 2.27. The van der Waals surface area contributed by atoms with Crippen molar-refractivity contribution in [3.05, 3.63) is 112 Å². The van der Waals surface area contributed by atoms with Gasteiger partial charge in [0, 0.05) is 25.5 Å². The maximum absolute atomic E-state index is 13.8. The van der Waals surface area contributed by atoms with Gasteiger partial charge in [0.15, 0.2) is 0 Å². The van der Waals surface area contributed by atoms with Gasteiger partial charge >= 0.3 is 0 Å². The van der Waals surface area contributed by atoms with Crippen molar-refractivity contribution >= 4 is 16.8 Å². The molecule has 1 saturated heterocycles. The summed E-state index contributed by atoms with van der Waals surface area (Å²) in [5, 5.41) is 0.543. The highest BCUT2D eigenvalue weighted by molar-refractivity contribution is 5.79. The van der Waals surface area contributed by atoms with Crippen LogP contribution in [-0.4, -0.2) is 40.0 Å². The zero-order chi connectivity index (χ0) is 24.0. The van der Waals surface area contributed by atoms with Gasteiger partial charge in [-0.1, -0.05) is 72.8 Å². The second-order valence-electron chi connectivity index (χ2n) is 9.02. The number of ether oxygens (including phenoxy) is 1. The molecular formula is C29H29N3O3. The molecule has 0 saturated carbocycles. The predicted octanol–water partition coefficient (Wildman–Crippen LogP) is 4.65. The standard InChI is InChI=1S/C29H29N3O3/c33-28(18-25(21-10-3-1-4-11-21)22-12-5-2-6-13-22)32(19-23-14-9-17-35-23)20-27-30-26-16-8-7-15-24(26)29(34)31-27/h1-8,10-13,15-16,23,25H,9,14,17-20H2,(H,30,31,34). The third kappa shape index (κ3) is 5.49. The summed E-state index contributed by atoms with van der Waals surface area (Å²) >= 11 is 0. The lowest BCUT2D eigenvalue weighted by atomic mass is 9.88. The van der Waals surface area contributed by atoms with Crippen LogP contribution in [0.4, 0.5) is 0 Å². The zero-order valence-electron chi connectivity index (χ0n) is 19.6. The molecule has 6 nitrogen and oxygen atoms in total. The van der Waals surface area contributed by atoms with Gasteiger partial charge in [0.2, 0.25) is 5.91 Å². The van der Waals surface area contributed by atoms with E-state index < -0.39 is 0 Å². The number of H-pyrrole nitrogens is 1. The summed E-state index contributed by atoms with van der Waals surface area (Å²) in [5.41, 5.74) is 2.63. The summed E-state index contributed by atoms with van der Waals surface area (Å²) in [6.45, 7) is 1.43. The molecule has 2 heterocycles. The topological polar surface area (TPSA) is 75.3 Å². The maximum atomic E-state index is 13.8. The summed E-state index contributed by atoms with van der Waals surface area (Å²) in [5.74, 6) is 0.422. The van der Waals surface area contributed by atoms with Crippen LogP contribution in [0.3, 0.4) is 0 Å². The molecule has 1 amide bonds. The van der Waals surface area contributed by atoms with Crippen molar-refractivity contribution in [3.63, 3.8) is 0 Å². The van der Waals surface area contributed by atoms with E-state index in [4.69, 9.17) is 4.74 Å². The number of nitrogens with zero attached hydrogens (tertiary/aromatic N) is 2. The molecule has 1 N–H and O–H groups in total. The van der Waals surface area contributed by atoms with Crippen molar-refractivity contribution in [1.29, 1.82) is 0 Å². The average Bonchev–Trinajstić information content (AvgIpc) is 3.41. The molecule has 4 aromatic rings. The molecule has 1 aliphatic heterocycles. The molecule has 0 aliphatic carbocycles. The highest BCUT2D eigenvalue weighted by Crippen LogP contribution is 2.29. The summed E-state index contributed by atoms with van der Waals surface area (Å²) in [4.78, 5) is 35.7. The highest BCUT2D eigenvalue weighted by atomic mass is 16.5. The number of hydrogen-bond acceptors (Lipinski definition) is 4. The fraction of sp³-hybridized carbons (Fsp3) is 0.276. The van der Waals surface area contributed by atoms with Crippen molar-refractivity contribution in [2.45, 2.75) is 37.8 Å². The van der Waals surface area contributed by atoms with E-state index >= 15 is 0 Å². The fourth-order valence-electron chi connectivity index (χ4n) is 4.78. The van der Waals surface area contributed by atoms with Crippen LogP contribution >= 0.6 is 0 Å². The van der Waals surface area contributed by atoms with Gasteiger partial charge in [-0.3, -0.25) is 9.59 Å². The van der Waals surface area contributed by atoms with Crippen LogP contribution in [0, 0.1) is 0 Å². The van der Waals surface area contributed by atoms with E-state index in [2.05, 4.69) is 34.2 Å². The second-order valence-corrected chi connectivity index (χ2v) is 9.02. The lowest BCUT2D eigenvalue weighted by Gasteiger charge is -2.27. The number of amides is 1. The minimum Gasteiger partial charge on any atom is -0.376 e. The van der Waals surface area contributed by atoms with Gasteiger partial charge < -0.3 is 14.6 Å². The summed E-state index contributed by atoms with van der Waals surface area (Å²) in [6, 6.07) is 27.5. The van der Waals surface area contributed by atoms with Crippen LogP contribution in [0.15, 0.2) is 89.7 Å². The molecule has 1 aliphatic rings. The van der Waals surface area contributed by atoms with E-state index in [9.17, 15) is 9.59 Å². The summed E-state index contributed by atoms with van der Waals surface area (Å²) in [7, 11) is 0. The van der Waals surface area contributed by atoms with Crippen molar-refractivity contribution < 1.29 is 9.53 Å². The molecule has 178 valence electrons. The molecule has 1 aromatic heterocycles. The first kappa shape index (κ1) is 23.0. The molecule has 0 bridgehead atoms. The molecule has 0 spiro atoms. The normalized spacial score (nSPS) is 15.5. The maximum Gasteiger partial charge on any atom is 0.258 e. The monoisotopic (exact) mass is 467 g/mol. The second kappa shape index (κ2) is 10.7. The minimum atomic E-state index is -0.193. The van der Waals surface area contributed by atoms with Crippen molar-refractivity contribution in [3.8, 4) is 0 Å². The molecule has 1 fully saturated rings. The molecule has 5 rings (SSSR count). The smallest absolute Gasteiger partial charge is 0.258 e. The predicted molar refractivity (Wildman–Crippen MR) is 136 cm³/mol. The Balaban J connectivity index is 1.44. The van der Waals surface area contributed by atoms with Crippen LogP contribution < -0.4 is 5.56 Å². The van der Waals surface area contributed by atoms with E-state index in [0.717, 1.165) is 24.0 Å². The van der Waals surface area contributed by atoms with Gasteiger partial charge in [-0.2, -0.15) is 0 Å². The third-order valence-corrected chi connectivity index (χ3v) is 6.59. The lowest BCUT2D eigenvalue weighted by molar-refractivity contribution is -0.133. The quantitative estimate of drug-likeness (QED) is 0.409. The Hall–Kier alpha value is -3.77. The molecular weight excluding hydrogens is 438 g/mol. The summed E-state index contributed by atoms with van der Waals surface area (Å²) in [6.07, 6.45) is 2.23. The fourth-order valence-corrected chi connectivity index (χ4v) is 4.78. The largest absolute Gasteiger partial charge is 0.376 e. The van der Waals surface area contributed by atoms with Crippen molar-refractivity contribution in [2.24, 2.45) is 0 Å². The van der Waals surface area contributed by atoms with Crippen LogP contribution in [0.5, 0.6) is 0 Å². The Morgan fingerprint density at radius 2 is 1.63 bits per heavy atom. The van der Waals surface area contributed by atoms with Crippen LogP contribution in [0.1, 0.15) is 42.1 Å². The molecule has 3 aromatic carbocycles. The molecule has 35 heavy (non-hydrogen) atoms. The Kier molecular flexibility index (Phi) is 7.00. The van der Waals surface area contributed by atoms with Gasteiger partial charge in [-0.15, -0.1) is 0 Å². The van der Waals surface area contributed by atoms with Crippen molar-refractivity contribution in [2.75, 3.05) is 13.2 Å². The van der Waals surface area contributed by atoms with Gasteiger partial charge in [-0.25, -0.2) is 4.98 Å². The van der Waals surface area contributed by atoms with Gasteiger partial charge in [0.1, 0.15) is 5.82 Å². The Morgan fingerprint density at radius 1 is 0.971 bits per heavy atom. The zero-order valence-corrected chi connectivity index (χ0v) is 19.6. The van der Waals surface area contributed by atoms with Crippen LogP contribution in [0.25, 0.3) is 10.9 Å². The number of carbonyl (C=O) groups is 1. The van der Waals surface area contributed by atoms with E-state index in [0.29, 0.717) is 36.3 Å². The number of aromatic amines is 1. The third-order valence-electron chi connectivity index (χ3n) is 6.59.